The topological polar surface area (TPSA) is 75.6 Å². The number of hydrogen-bond donors (Lipinski definition) is 2. The van der Waals surface area contributed by atoms with Crippen molar-refractivity contribution < 1.29 is 23.8 Å². The molecule has 0 heterocycles. The highest BCUT2D eigenvalue weighted by Gasteiger charge is 2.31. The Morgan fingerprint density at radius 3 is 2.29 bits per heavy atom. The fraction of sp³-hybridized carbons (Fsp3) is 0.200. The quantitative estimate of drug-likeness (QED) is 0.623. The standard InChI is InChI=1S/C25H20FNO4/c26-14-11-20-19(21(12-14)24(28)29)9-10-23(20)27-25(30)31-13-22-17-7-3-1-5-15(17)16-6-2-4-8-18(16)22/h1-8,11-12,22-23H,9-10,13H2,(H,27,30)(H,28,29). The first-order valence-corrected chi connectivity index (χ1v) is 10.2. The number of carboxylic acids is 1. The zero-order valence-corrected chi connectivity index (χ0v) is 16.6. The number of ether oxygens (including phenoxy) is 1. The maximum Gasteiger partial charge on any atom is 0.407 e. The van der Waals surface area contributed by atoms with Crippen LogP contribution in [0.3, 0.4) is 0 Å². The lowest BCUT2D eigenvalue weighted by molar-refractivity contribution is 0.0695. The third kappa shape index (κ3) is 3.34. The average Bonchev–Trinajstić information content (AvgIpc) is 3.30. The summed E-state index contributed by atoms with van der Waals surface area (Å²) in [6.07, 6.45) is 0.371. The Balaban J connectivity index is 1.31. The lowest BCUT2D eigenvalue weighted by Crippen LogP contribution is -2.29. The molecule has 5 rings (SSSR count). The Morgan fingerprint density at radius 2 is 1.65 bits per heavy atom. The van der Waals surface area contributed by atoms with Crippen molar-refractivity contribution in [1.29, 1.82) is 0 Å². The van der Waals surface area contributed by atoms with E-state index in [1.165, 1.54) is 6.07 Å². The van der Waals surface area contributed by atoms with Crippen LogP contribution in [0.4, 0.5) is 9.18 Å². The molecule has 0 saturated carbocycles. The van der Waals surface area contributed by atoms with Crippen LogP contribution in [0.15, 0.2) is 60.7 Å². The first-order chi connectivity index (χ1) is 15.0. The molecule has 1 unspecified atom stereocenters. The summed E-state index contributed by atoms with van der Waals surface area (Å²) in [6, 6.07) is 18.0. The molecule has 0 bridgehead atoms. The molecule has 3 aromatic carbocycles. The second-order valence-corrected chi connectivity index (χ2v) is 7.89. The van der Waals surface area contributed by atoms with Crippen LogP contribution in [-0.4, -0.2) is 23.8 Å². The van der Waals surface area contributed by atoms with Crippen molar-refractivity contribution in [3.05, 3.63) is 94.3 Å². The van der Waals surface area contributed by atoms with Crippen LogP contribution in [0, 0.1) is 5.82 Å². The Kier molecular flexibility index (Phi) is 4.70. The average molecular weight is 417 g/mol. The van der Waals surface area contributed by atoms with Crippen LogP contribution in [0.2, 0.25) is 0 Å². The van der Waals surface area contributed by atoms with Crippen molar-refractivity contribution in [3.63, 3.8) is 0 Å². The number of fused-ring (bicyclic) bond motifs is 4. The van der Waals surface area contributed by atoms with E-state index in [1.54, 1.807) is 0 Å². The van der Waals surface area contributed by atoms with Gasteiger partial charge in [0.05, 0.1) is 11.6 Å². The third-order valence-electron chi connectivity index (χ3n) is 6.17. The van der Waals surface area contributed by atoms with Gasteiger partial charge in [0.1, 0.15) is 12.4 Å². The van der Waals surface area contributed by atoms with Crippen molar-refractivity contribution in [2.45, 2.75) is 24.8 Å². The summed E-state index contributed by atoms with van der Waals surface area (Å²) < 4.78 is 19.5. The van der Waals surface area contributed by atoms with Gasteiger partial charge >= 0.3 is 12.1 Å². The molecule has 0 radical (unpaired) electrons. The Labute approximate surface area is 178 Å². The van der Waals surface area contributed by atoms with E-state index in [0.717, 1.165) is 28.3 Å². The predicted molar refractivity (Wildman–Crippen MR) is 113 cm³/mol. The van der Waals surface area contributed by atoms with E-state index in [9.17, 15) is 19.1 Å². The fourth-order valence-electron chi connectivity index (χ4n) is 4.82. The normalized spacial score (nSPS) is 16.4. The van der Waals surface area contributed by atoms with Crippen molar-refractivity contribution in [2.75, 3.05) is 6.61 Å². The van der Waals surface area contributed by atoms with Gasteiger partial charge in [0.2, 0.25) is 0 Å². The second-order valence-electron chi connectivity index (χ2n) is 7.89. The molecule has 3 aromatic rings. The zero-order valence-electron chi connectivity index (χ0n) is 16.6. The van der Waals surface area contributed by atoms with Gasteiger partial charge in [-0.15, -0.1) is 0 Å². The van der Waals surface area contributed by atoms with Crippen LogP contribution in [0.5, 0.6) is 0 Å². The number of amides is 1. The molecule has 156 valence electrons. The summed E-state index contributed by atoms with van der Waals surface area (Å²) in [6.45, 7) is 0.183. The summed E-state index contributed by atoms with van der Waals surface area (Å²) in [5.74, 6) is -1.85. The number of halogens is 1. The molecule has 5 nitrogen and oxygen atoms in total. The lowest BCUT2D eigenvalue weighted by atomic mass is 9.98. The molecule has 2 N–H and O–H groups in total. The van der Waals surface area contributed by atoms with Gasteiger partial charge in [0, 0.05) is 5.92 Å². The fourth-order valence-corrected chi connectivity index (χ4v) is 4.82. The predicted octanol–water partition coefficient (Wildman–Crippen LogP) is 5.05. The van der Waals surface area contributed by atoms with Crippen molar-refractivity contribution in [2.24, 2.45) is 0 Å². The van der Waals surface area contributed by atoms with Gasteiger partial charge in [0.25, 0.3) is 0 Å². The molecule has 2 aliphatic carbocycles. The van der Waals surface area contributed by atoms with Gasteiger partial charge in [0.15, 0.2) is 0 Å². The van der Waals surface area contributed by atoms with E-state index in [-0.39, 0.29) is 18.1 Å². The molecular weight excluding hydrogens is 397 g/mol. The molecular formula is C25H20FNO4. The van der Waals surface area contributed by atoms with E-state index in [1.807, 2.05) is 36.4 Å². The van der Waals surface area contributed by atoms with Gasteiger partial charge in [-0.1, -0.05) is 48.5 Å². The van der Waals surface area contributed by atoms with E-state index >= 15 is 0 Å². The number of hydrogen-bond acceptors (Lipinski definition) is 3. The highest BCUT2D eigenvalue weighted by molar-refractivity contribution is 5.90. The number of alkyl carbamates (subject to hydrolysis) is 1. The summed E-state index contributed by atoms with van der Waals surface area (Å²) >= 11 is 0. The minimum atomic E-state index is -1.17. The van der Waals surface area contributed by atoms with Gasteiger partial charge in [-0.2, -0.15) is 0 Å². The van der Waals surface area contributed by atoms with Crippen LogP contribution in [0.1, 0.15) is 51.0 Å². The largest absolute Gasteiger partial charge is 0.478 e. The lowest BCUT2D eigenvalue weighted by Gasteiger charge is -2.17. The molecule has 2 aliphatic rings. The molecule has 0 fully saturated rings. The van der Waals surface area contributed by atoms with Crippen LogP contribution < -0.4 is 5.32 Å². The number of carbonyl (C=O) groups is 2. The second kappa shape index (κ2) is 7.54. The maximum absolute atomic E-state index is 13.9. The van der Waals surface area contributed by atoms with E-state index in [4.69, 9.17) is 4.74 Å². The smallest absolute Gasteiger partial charge is 0.407 e. The van der Waals surface area contributed by atoms with Gasteiger partial charge in [-0.3, -0.25) is 0 Å². The molecule has 0 spiro atoms. The molecule has 1 amide bonds. The summed E-state index contributed by atoms with van der Waals surface area (Å²) in [4.78, 5) is 24.0. The van der Waals surface area contributed by atoms with Gasteiger partial charge in [-0.25, -0.2) is 14.0 Å². The molecule has 0 aromatic heterocycles. The monoisotopic (exact) mass is 417 g/mol. The molecule has 0 saturated heterocycles. The van der Waals surface area contributed by atoms with Crippen molar-refractivity contribution >= 4 is 12.1 Å². The minimum absolute atomic E-state index is 0.0492. The highest BCUT2D eigenvalue weighted by atomic mass is 19.1. The van der Waals surface area contributed by atoms with Crippen LogP contribution in [-0.2, 0) is 11.2 Å². The first kappa shape index (κ1) is 19.3. The minimum Gasteiger partial charge on any atom is -0.478 e. The van der Waals surface area contributed by atoms with Crippen molar-refractivity contribution in [3.8, 4) is 11.1 Å². The molecule has 1 atom stereocenters. The maximum atomic E-state index is 13.9. The Morgan fingerprint density at radius 1 is 1.00 bits per heavy atom. The highest BCUT2D eigenvalue weighted by Crippen LogP contribution is 2.44. The molecule has 6 heteroatoms. The summed E-state index contributed by atoms with van der Waals surface area (Å²) in [5, 5.41) is 12.1. The summed E-state index contributed by atoms with van der Waals surface area (Å²) in [7, 11) is 0. The van der Waals surface area contributed by atoms with Crippen LogP contribution >= 0.6 is 0 Å². The number of benzene rings is 3. The van der Waals surface area contributed by atoms with Gasteiger partial charge in [-0.05, 0) is 58.4 Å². The van der Waals surface area contributed by atoms with E-state index in [0.29, 0.717) is 24.0 Å². The molecule has 0 aliphatic heterocycles. The number of nitrogens with one attached hydrogen (secondary N) is 1. The number of carbonyl (C=O) groups excluding carboxylic acids is 1. The molecule has 31 heavy (non-hydrogen) atoms. The van der Waals surface area contributed by atoms with Crippen molar-refractivity contribution in [1.82, 2.24) is 5.32 Å². The Hall–Kier alpha value is -3.67. The van der Waals surface area contributed by atoms with E-state index < -0.39 is 23.9 Å². The number of carboxylic acid groups (broad SMARTS) is 1. The van der Waals surface area contributed by atoms with Gasteiger partial charge < -0.3 is 15.2 Å². The Bertz CT molecular complexity index is 1160. The van der Waals surface area contributed by atoms with Crippen LogP contribution in [0.25, 0.3) is 11.1 Å². The van der Waals surface area contributed by atoms with E-state index in [2.05, 4.69) is 17.4 Å². The SMILES string of the molecule is O=C(NC1CCc2c(C(=O)O)cc(F)cc21)OCC1c2ccccc2-c2ccccc21. The number of aromatic carboxylic acids is 1. The third-order valence-corrected chi connectivity index (χ3v) is 6.17. The summed E-state index contributed by atoms with van der Waals surface area (Å²) in [5.41, 5.74) is 5.56. The number of rotatable bonds is 4. The zero-order chi connectivity index (χ0) is 21.5. The first-order valence-electron chi connectivity index (χ1n) is 10.2.